The van der Waals surface area contributed by atoms with Crippen molar-refractivity contribution in [1.29, 1.82) is 5.26 Å². The molecule has 0 saturated heterocycles. The third-order valence-corrected chi connectivity index (χ3v) is 4.28. The van der Waals surface area contributed by atoms with E-state index in [2.05, 4.69) is 14.7 Å². The lowest BCUT2D eigenvalue weighted by atomic mass is 10.2. The zero-order valence-corrected chi connectivity index (χ0v) is 17.2. The van der Waals surface area contributed by atoms with Gasteiger partial charge in [0.05, 0.1) is 28.1 Å². The molecule has 2 rings (SSSR count). The molecular formula is C16H13N5O10S. The number of benzene rings is 1. The minimum absolute atomic E-state index is 0.0179. The molecule has 2 aromatic rings. The summed E-state index contributed by atoms with van der Waals surface area (Å²) in [6, 6.07) is 4.63. The summed E-state index contributed by atoms with van der Waals surface area (Å²) in [5.74, 6) is -3.54. The number of nitro benzene ring substituents is 1. The molecule has 0 fully saturated rings. The zero-order valence-electron chi connectivity index (χ0n) is 16.4. The van der Waals surface area contributed by atoms with Gasteiger partial charge in [0, 0.05) is 18.4 Å². The molecule has 1 heterocycles. The van der Waals surface area contributed by atoms with Crippen molar-refractivity contribution in [2.24, 2.45) is 0 Å². The smallest absolute Gasteiger partial charge is 0.392 e. The van der Waals surface area contributed by atoms with E-state index in [1.807, 2.05) is 0 Å². The first-order chi connectivity index (χ1) is 15.0. The Balaban J connectivity index is 2.69. The first-order valence-electron chi connectivity index (χ1n) is 8.39. The van der Waals surface area contributed by atoms with E-state index in [0.717, 1.165) is 18.2 Å². The quantitative estimate of drug-likeness (QED) is 0.220. The number of esters is 1. The number of nitro groups is 2. The van der Waals surface area contributed by atoms with Crippen molar-refractivity contribution in [2.45, 2.75) is 12.1 Å². The molecule has 1 aromatic heterocycles. The van der Waals surface area contributed by atoms with Gasteiger partial charge in [0.1, 0.15) is 0 Å². The number of hydrogen-bond acceptors (Lipinski definition) is 13. The van der Waals surface area contributed by atoms with Gasteiger partial charge in [-0.25, -0.2) is 13.2 Å². The summed E-state index contributed by atoms with van der Waals surface area (Å²) >= 11 is 0. The fourth-order valence-electron chi connectivity index (χ4n) is 2.14. The van der Waals surface area contributed by atoms with Crippen LogP contribution in [0.2, 0.25) is 0 Å². The normalized spacial score (nSPS) is 10.7. The molecular weight excluding hydrogens is 454 g/mol. The molecule has 0 unspecified atom stereocenters. The van der Waals surface area contributed by atoms with Crippen LogP contribution in [-0.4, -0.2) is 53.7 Å². The van der Waals surface area contributed by atoms with Gasteiger partial charge >= 0.3 is 29.1 Å². The fraction of sp³-hybridized carbons (Fsp3) is 0.250. The van der Waals surface area contributed by atoms with Crippen LogP contribution < -0.4 is 9.47 Å². The second-order valence-corrected chi connectivity index (χ2v) is 7.65. The predicted molar refractivity (Wildman–Crippen MR) is 102 cm³/mol. The van der Waals surface area contributed by atoms with E-state index in [4.69, 9.17) is 14.7 Å². The van der Waals surface area contributed by atoms with Crippen molar-refractivity contribution in [1.82, 2.24) is 9.97 Å². The molecule has 0 aliphatic heterocycles. The highest BCUT2D eigenvalue weighted by molar-refractivity contribution is 7.90. The number of aromatic nitrogens is 2. The van der Waals surface area contributed by atoms with Crippen molar-refractivity contribution < 1.29 is 37.3 Å². The third kappa shape index (κ3) is 5.60. The standard InChI is InChI=1S/C16H13N5O10S/c1-3-29-12(22)8-30-14-13(21(25)26)15(19-16(18-14)32(2,27)28)31-11-6-9(7-17)4-5-10(11)20(23)24/h4-6H,3,8H2,1-2H3. The van der Waals surface area contributed by atoms with Gasteiger partial charge in [-0.15, -0.1) is 0 Å². The number of ether oxygens (including phenoxy) is 3. The van der Waals surface area contributed by atoms with E-state index in [-0.39, 0.29) is 12.2 Å². The van der Waals surface area contributed by atoms with Gasteiger partial charge < -0.3 is 14.2 Å². The van der Waals surface area contributed by atoms with Gasteiger partial charge in [0.25, 0.3) is 5.16 Å². The summed E-state index contributed by atoms with van der Waals surface area (Å²) in [4.78, 5) is 39.4. The van der Waals surface area contributed by atoms with Gasteiger partial charge in [0.2, 0.25) is 15.6 Å². The van der Waals surface area contributed by atoms with Gasteiger partial charge in [-0.2, -0.15) is 15.2 Å². The van der Waals surface area contributed by atoms with Crippen molar-refractivity contribution in [3.63, 3.8) is 0 Å². The predicted octanol–water partition coefficient (Wildman–Crippen LogP) is 1.30. The maximum Gasteiger partial charge on any atom is 0.392 e. The van der Waals surface area contributed by atoms with Crippen molar-refractivity contribution in [3.8, 4) is 23.6 Å². The lowest BCUT2D eigenvalue weighted by Crippen LogP contribution is -2.17. The van der Waals surface area contributed by atoms with Gasteiger partial charge in [-0.3, -0.25) is 20.2 Å². The highest BCUT2D eigenvalue weighted by Crippen LogP contribution is 2.40. The van der Waals surface area contributed by atoms with Gasteiger partial charge in [-0.05, 0) is 13.0 Å². The molecule has 15 nitrogen and oxygen atoms in total. The Hall–Kier alpha value is -4.39. The van der Waals surface area contributed by atoms with Crippen LogP contribution in [0.3, 0.4) is 0 Å². The fourth-order valence-corrected chi connectivity index (χ4v) is 2.64. The number of rotatable bonds is 9. The number of sulfone groups is 1. The number of carbonyl (C=O) groups is 1. The molecule has 0 radical (unpaired) electrons. The van der Waals surface area contributed by atoms with Crippen LogP contribution in [0.1, 0.15) is 12.5 Å². The summed E-state index contributed by atoms with van der Waals surface area (Å²) in [5, 5.41) is 30.9. The largest absolute Gasteiger partial charge is 0.463 e. The van der Waals surface area contributed by atoms with E-state index < -0.39 is 66.3 Å². The Labute approximate surface area is 179 Å². The summed E-state index contributed by atoms with van der Waals surface area (Å²) in [6.45, 7) is 0.620. The Morgan fingerprint density at radius 2 is 1.84 bits per heavy atom. The van der Waals surface area contributed by atoms with Crippen LogP contribution in [0.25, 0.3) is 0 Å². The van der Waals surface area contributed by atoms with Crippen LogP contribution in [0.15, 0.2) is 23.4 Å². The number of nitriles is 1. The van der Waals surface area contributed by atoms with E-state index in [1.54, 1.807) is 6.07 Å². The van der Waals surface area contributed by atoms with Crippen molar-refractivity contribution >= 4 is 27.2 Å². The van der Waals surface area contributed by atoms with E-state index in [1.165, 1.54) is 6.92 Å². The Morgan fingerprint density at radius 1 is 1.19 bits per heavy atom. The van der Waals surface area contributed by atoms with Crippen LogP contribution in [-0.2, 0) is 19.4 Å². The monoisotopic (exact) mass is 467 g/mol. The molecule has 0 aliphatic carbocycles. The first kappa shape index (κ1) is 23.9. The topological polar surface area (TPSA) is 215 Å². The number of carbonyl (C=O) groups excluding carboxylic acids is 1. The summed E-state index contributed by atoms with van der Waals surface area (Å²) < 4.78 is 38.6. The van der Waals surface area contributed by atoms with Gasteiger partial charge in [-0.1, -0.05) is 0 Å². The molecule has 32 heavy (non-hydrogen) atoms. The SMILES string of the molecule is CCOC(=O)COc1nc(S(C)(=O)=O)nc(Oc2cc(C#N)ccc2[N+](=O)[O-])c1[N+](=O)[O-]. The van der Waals surface area contributed by atoms with Crippen LogP contribution in [0, 0.1) is 31.6 Å². The third-order valence-electron chi connectivity index (χ3n) is 3.44. The molecule has 0 atom stereocenters. The lowest BCUT2D eigenvalue weighted by molar-refractivity contribution is -0.388. The van der Waals surface area contributed by atoms with E-state index in [0.29, 0.717) is 6.26 Å². The molecule has 0 amide bonds. The lowest BCUT2D eigenvalue weighted by Gasteiger charge is -2.11. The molecule has 1 aromatic carbocycles. The first-order valence-corrected chi connectivity index (χ1v) is 10.3. The second kappa shape index (κ2) is 9.61. The summed E-state index contributed by atoms with van der Waals surface area (Å²) in [5.41, 5.74) is -1.89. The molecule has 168 valence electrons. The van der Waals surface area contributed by atoms with Crippen molar-refractivity contribution in [2.75, 3.05) is 19.5 Å². The number of hydrogen-bond donors (Lipinski definition) is 0. The summed E-state index contributed by atoms with van der Waals surface area (Å²) in [7, 11) is -4.18. The van der Waals surface area contributed by atoms with Gasteiger partial charge in [0.15, 0.2) is 6.61 Å². The van der Waals surface area contributed by atoms with E-state index in [9.17, 15) is 33.4 Å². The molecule has 0 aliphatic rings. The molecule has 0 saturated carbocycles. The highest BCUT2D eigenvalue weighted by Gasteiger charge is 2.33. The van der Waals surface area contributed by atoms with Crippen LogP contribution >= 0.6 is 0 Å². The maximum absolute atomic E-state index is 11.9. The zero-order chi connectivity index (χ0) is 24.1. The average molecular weight is 467 g/mol. The highest BCUT2D eigenvalue weighted by atomic mass is 32.2. The molecule has 0 N–H and O–H groups in total. The van der Waals surface area contributed by atoms with Crippen molar-refractivity contribution in [3.05, 3.63) is 44.0 Å². The molecule has 0 spiro atoms. The average Bonchev–Trinajstić information content (AvgIpc) is 2.70. The second-order valence-electron chi connectivity index (χ2n) is 5.74. The summed E-state index contributed by atoms with van der Waals surface area (Å²) in [6.07, 6.45) is 0.686. The van der Waals surface area contributed by atoms with E-state index >= 15 is 0 Å². The maximum atomic E-state index is 11.9. The Kier molecular flexibility index (Phi) is 7.17. The minimum atomic E-state index is -4.18. The molecule has 16 heteroatoms. The Morgan fingerprint density at radius 3 is 2.38 bits per heavy atom. The number of nitrogens with zero attached hydrogens (tertiary/aromatic N) is 5. The Bertz CT molecular complexity index is 1240. The van der Waals surface area contributed by atoms with Crippen LogP contribution in [0.5, 0.6) is 17.5 Å². The molecule has 0 bridgehead atoms. The van der Waals surface area contributed by atoms with Crippen LogP contribution in [0.4, 0.5) is 11.4 Å². The minimum Gasteiger partial charge on any atom is -0.463 e.